The van der Waals surface area contributed by atoms with Crippen LogP contribution in [0.1, 0.15) is 64.2 Å². The van der Waals surface area contributed by atoms with E-state index >= 15 is 0 Å². The van der Waals surface area contributed by atoms with E-state index in [1.165, 1.54) is 36.4 Å². The van der Waals surface area contributed by atoms with Crippen LogP contribution in [0, 0.1) is 0 Å². The van der Waals surface area contributed by atoms with Gasteiger partial charge in [0.2, 0.25) is 0 Å². The van der Waals surface area contributed by atoms with Crippen LogP contribution in [-0.2, 0) is 9.59 Å². The molecule has 0 radical (unpaired) electrons. The lowest BCUT2D eigenvalue weighted by Crippen LogP contribution is -2.40. The van der Waals surface area contributed by atoms with E-state index in [-0.39, 0.29) is 23.9 Å². The number of hydrogen-bond donors (Lipinski definition) is 0. The zero-order valence-corrected chi connectivity index (χ0v) is 17.8. The lowest BCUT2D eigenvalue weighted by molar-refractivity contribution is -0.126. The maximum Gasteiger partial charge on any atom is 0.267 e. The van der Waals surface area contributed by atoms with Gasteiger partial charge in [0.25, 0.3) is 11.8 Å². The fraction of sp³-hybridized carbons (Fsp3) is 0.667. The summed E-state index contributed by atoms with van der Waals surface area (Å²) < 4.78 is 1.19. The highest BCUT2D eigenvalue weighted by molar-refractivity contribution is 8.29. The van der Waals surface area contributed by atoms with Crippen LogP contribution in [0.15, 0.2) is 9.81 Å². The van der Waals surface area contributed by atoms with Crippen LogP contribution >= 0.6 is 48.0 Å². The number of thioether (sulfide) groups is 2. The summed E-state index contributed by atoms with van der Waals surface area (Å²) in [5.74, 6) is -0.174. The predicted molar refractivity (Wildman–Crippen MR) is 115 cm³/mol. The molecule has 2 saturated heterocycles. The predicted octanol–water partition coefficient (Wildman–Crippen LogP) is 4.58. The first-order valence-electron chi connectivity index (χ1n) is 9.43. The molecule has 140 valence electrons. The molecule has 4 rings (SSSR count). The van der Waals surface area contributed by atoms with Crippen molar-refractivity contribution < 1.29 is 9.59 Å². The number of nitrogens with zero attached hydrogens (tertiary/aromatic N) is 2. The van der Waals surface area contributed by atoms with E-state index in [0.717, 1.165) is 51.4 Å². The fourth-order valence-electron chi connectivity index (χ4n) is 4.34. The Morgan fingerprint density at radius 1 is 0.654 bits per heavy atom. The summed E-state index contributed by atoms with van der Waals surface area (Å²) in [6.07, 6.45) is 11.0. The largest absolute Gasteiger partial charge is 0.290 e. The third-order valence-corrected chi connectivity index (χ3v) is 8.62. The third-order valence-electron chi connectivity index (χ3n) is 5.68. The minimum absolute atomic E-state index is 0.0870. The molecule has 0 spiro atoms. The molecule has 0 aromatic rings. The highest BCUT2D eigenvalue weighted by Crippen LogP contribution is 2.45. The minimum Gasteiger partial charge on any atom is -0.290 e. The van der Waals surface area contributed by atoms with Crippen molar-refractivity contribution in [3.63, 3.8) is 0 Å². The lowest BCUT2D eigenvalue weighted by Gasteiger charge is -2.30. The SMILES string of the molecule is O=C1C(=C2SC(=S)N(C3CCCCC3)C2=O)SC(=S)N1C1CCCCC1. The van der Waals surface area contributed by atoms with Gasteiger partial charge in [0.15, 0.2) is 0 Å². The molecule has 0 aromatic heterocycles. The Balaban J connectivity index is 1.58. The maximum absolute atomic E-state index is 13.1. The summed E-state index contributed by atoms with van der Waals surface area (Å²) in [7, 11) is 0. The topological polar surface area (TPSA) is 40.6 Å². The monoisotopic (exact) mass is 426 g/mol. The summed E-state index contributed by atoms with van der Waals surface area (Å²) >= 11 is 13.6. The average molecular weight is 427 g/mol. The summed E-state index contributed by atoms with van der Waals surface area (Å²) in [5, 5.41) is 0. The van der Waals surface area contributed by atoms with Crippen molar-refractivity contribution in [3.8, 4) is 0 Å². The van der Waals surface area contributed by atoms with Gasteiger partial charge >= 0.3 is 0 Å². The molecule has 2 aliphatic heterocycles. The Hall–Kier alpha value is -0.440. The molecule has 0 aromatic carbocycles. The Bertz CT molecular complexity index is 635. The number of thiocarbonyl (C=S) groups is 2. The number of amides is 2. The van der Waals surface area contributed by atoms with Gasteiger partial charge in [0, 0.05) is 12.1 Å². The molecule has 4 fully saturated rings. The molecule has 0 unspecified atom stereocenters. The number of rotatable bonds is 2. The van der Waals surface area contributed by atoms with E-state index in [1.54, 1.807) is 9.80 Å². The fourth-order valence-corrected chi connectivity index (χ4v) is 7.30. The zero-order valence-electron chi connectivity index (χ0n) is 14.6. The molecule has 2 aliphatic carbocycles. The van der Waals surface area contributed by atoms with Crippen molar-refractivity contribution in [2.45, 2.75) is 76.3 Å². The van der Waals surface area contributed by atoms with Gasteiger partial charge in [-0.25, -0.2) is 0 Å². The summed E-state index contributed by atoms with van der Waals surface area (Å²) in [6.45, 7) is 0. The smallest absolute Gasteiger partial charge is 0.267 e. The molecule has 2 saturated carbocycles. The van der Waals surface area contributed by atoms with Gasteiger partial charge in [-0.1, -0.05) is 86.5 Å². The standard InChI is InChI=1S/C18H22N2O2S4/c21-15-13(25-17(23)19(15)11-7-3-1-4-8-11)14-16(22)20(18(24)26-14)12-9-5-2-6-10-12/h11-12H,1-10H2. The van der Waals surface area contributed by atoms with Crippen molar-refractivity contribution in [2.24, 2.45) is 0 Å². The van der Waals surface area contributed by atoms with Gasteiger partial charge in [-0.15, -0.1) is 0 Å². The van der Waals surface area contributed by atoms with Crippen LogP contribution in [0.5, 0.6) is 0 Å². The molecule has 0 bridgehead atoms. The molecule has 0 N–H and O–H groups in total. The van der Waals surface area contributed by atoms with Crippen LogP contribution in [0.4, 0.5) is 0 Å². The van der Waals surface area contributed by atoms with Crippen LogP contribution in [-0.4, -0.2) is 42.3 Å². The number of carbonyl (C=O) groups excluding carboxylic acids is 2. The van der Waals surface area contributed by atoms with E-state index in [4.69, 9.17) is 24.4 Å². The molecule has 2 amide bonds. The Morgan fingerprint density at radius 3 is 1.35 bits per heavy atom. The van der Waals surface area contributed by atoms with Crippen LogP contribution < -0.4 is 0 Å². The van der Waals surface area contributed by atoms with E-state index in [2.05, 4.69) is 0 Å². The van der Waals surface area contributed by atoms with Crippen molar-refractivity contribution >= 4 is 68.4 Å². The lowest BCUT2D eigenvalue weighted by atomic mass is 9.94. The molecule has 4 nitrogen and oxygen atoms in total. The second-order valence-corrected chi connectivity index (χ2v) is 10.6. The van der Waals surface area contributed by atoms with Gasteiger partial charge in [-0.05, 0) is 25.7 Å². The summed E-state index contributed by atoms with van der Waals surface area (Å²) in [6, 6.07) is 0.384. The first-order valence-corrected chi connectivity index (χ1v) is 11.9. The van der Waals surface area contributed by atoms with Gasteiger partial charge in [0.05, 0.1) is 9.81 Å². The second kappa shape index (κ2) is 7.89. The van der Waals surface area contributed by atoms with Crippen LogP contribution in [0.3, 0.4) is 0 Å². The van der Waals surface area contributed by atoms with Crippen LogP contribution in [0.2, 0.25) is 0 Å². The quantitative estimate of drug-likeness (QED) is 0.475. The third kappa shape index (κ3) is 3.38. The van der Waals surface area contributed by atoms with Crippen molar-refractivity contribution in [3.05, 3.63) is 9.81 Å². The number of hydrogen-bond acceptors (Lipinski definition) is 6. The molecule has 2 heterocycles. The first kappa shape index (κ1) is 18.9. The normalized spacial score (nSPS) is 29.4. The highest BCUT2D eigenvalue weighted by Gasteiger charge is 2.45. The Kier molecular flexibility index (Phi) is 5.74. The summed E-state index contributed by atoms with van der Waals surface area (Å²) in [5.41, 5.74) is 0. The van der Waals surface area contributed by atoms with Crippen molar-refractivity contribution in [2.75, 3.05) is 0 Å². The first-order chi connectivity index (χ1) is 12.6. The molecule has 26 heavy (non-hydrogen) atoms. The molecule has 8 heteroatoms. The highest BCUT2D eigenvalue weighted by atomic mass is 32.2. The van der Waals surface area contributed by atoms with E-state index in [1.807, 2.05) is 0 Å². The molecular formula is C18H22N2O2S4. The molecule has 4 aliphatic rings. The van der Waals surface area contributed by atoms with E-state index in [9.17, 15) is 9.59 Å². The molecule has 0 atom stereocenters. The second-order valence-electron chi connectivity index (χ2n) is 7.33. The van der Waals surface area contributed by atoms with Crippen molar-refractivity contribution in [1.29, 1.82) is 0 Å². The number of carbonyl (C=O) groups is 2. The van der Waals surface area contributed by atoms with Gasteiger partial charge in [-0.3, -0.25) is 19.4 Å². The Morgan fingerprint density at radius 2 is 1.00 bits per heavy atom. The van der Waals surface area contributed by atoms with E-state index < -0.39 is 0 Å². The Labute approximate surface area is 173 Å². The van der Waals surface area contributed by atoms with E-state index in [0.29, 0.717) is 18.5 Å². The van der Waals surface area contributed by atoms with Gasteiger partial charge in [-0.2, -0.15) is 0 Å². The van der Waals surface area contributed by atoms with Crippen LogP contribution in [0.25, 0.3) is 0 Å². The maximum atomic E-state index is 13.1. The molecular weight excluding hydrogens is 404 g/mol. The minimum atomic E-state index is -0.0870. The average Bonchev–Trinajstić information content (AvgIpc) is 3.11. The van der Waals surface area contributed by atoms with Gasteiger partial charge in [0.1, 0.15) is 8.64 Å². The summed E-state index contributed by atoms with van der Waals surface area (Å²) in [4.78, 5) is 30.7. The van der Waals surface area contributed by atoms with Gasteiger partial charge < -0.3 is 0 Å². The van der Waals surface area contributed by atoms with Crippen molar-refractivity contribution in [1.82, 2.24) is 9.80 Å². The zero-order chi connectivity index (χ0) is 18.3.